The summed E-state index contributed by atoms with van der Waals surface area (Å²) in [4.78, 5) is 7.78. The molecule has 2 rings (SSSR count). The molecule has 88 valence electrons. The minimum Gasteiger partial charge on any atom is -0.244 e. The summed E-state index contributed by atoms with van der Waals surface area (Å²) in [6, 6.07) is 6.23. The fourth-order valence-electron chi connectivity index (χ4n) is 1.56. The predicted octanol–water partition coefficient (Wildman–Crippen LogP) is 3.65. The lowest BCUT2D eigenvalue weighted by atomic mass is 10.0. The summed E-state index contributed by atoms with van der Waals surface area (Å²) in [5, 5.41) is 0. The number of aromatic nitrogens is 2. The fraction of sp³-hybridized carbons (Fsp3) is 0.231. The van der Waals surface area contributed by atoms with Crippen LogP contribution in [0.2, 0.25) is 0 Å². The molecule has 4 heteroatoms. The molecule has 17 heavy (non-hydrogen) atoms. The molecule has 2 aromatic rings. The molecule has 0 atom stereocenters. The molecule has 1 aromatic heterocycles. The second-order valence-electron chi connectivity index (χ2n) is 3.76. The molecule has 0 aliphatic heterocycles. The van der Waals surface area contributed by atoms with E-state index in [1.807, 2.05) is 0 Å². The zero-order chi connectivity index (χ0) is 12.3. The molecule has 0 saturated heterocycles. The van der Waals surface area contributed by atoms with Crippen LogP contribution in [-0.4, -0.2) is 9.97 Å². The number of alkyl halides is 2. The van der Waals surface area contributed by atoms with Crippen molar-refractivity contribution >= 4 is 0 Å². The van der Waals surface area contributed by atoms with E-state index in [2.05, 4.69) is 9.97 Å². The highest BCUT2D eigenvalue weighted by molar-refractivity contribution is 5.61. The van der Waals surface area contributed by atoms with E-state index in [4.69, 9.17) is 0 Å². The van der Waals surface area contributed by atoms with Gasteiger partial charge in [0.05, 0.1) is 0 Å². The van der Waals surface area contributed by atoms with Gasteiger partial charge in [-0.25, -0.2) is 18.7 Å². The lowest BCUT2D eigenvalue weighted by molar-refractivity contribution is -0.00826. The Labute approximate surface area is 98.4 Å². The second-order valence-corrected chi connectivity index (χ2v) is 3.76. The van der Waals surface area contributed by atoms with Crippen LogP contribution in [0.5, 0.6) is 0 Å². The molecule has 2 nitrogen and oxygen atoms in total. The topological polar surface area (TPSA) is 25.8 Å². The average Bonchev–Trinajstić information content (AvgIpc) is 2.40. The maximum atomic E-state index is 13.4. The summed E-state index contributed by atoms with van der Waals surface area (Å²) in [5.41, 5.74) is 1.70. The Morgan fingerprint density at radius 1 is 1.00 bits per heavy atom. The van der Waals surface area contributed by atoms with Crippen LogP contribution in [-0.2, 0) is 5.92 Å². The van der Waals surface area contributed by atoms with E-state index in [-0.39, 0.29) is 12.0 Å². The monoisotopic (exact) mass is 234 g/mol. The molecule has 0 aliphatic carbocycles. The molecular formula is C13H12F2N2. The zero-order valence-corrected chi connectivity index (χ0v) is 9.40. The van der Waals surface area contributed by atoms with E-state index in [0.717, 1.165) is 11.1 Å². The molecule has 0 spiro atoms. The Hall–Kier alpha value is -1.84. The lowest BCUT2D eigenvalue weighted by Crippen LogP contribution is -2.10. The molecule has 0 radical (unpaired) electrons. The minimum absolute atomic E-state index is 0.0422. The third-order valence-electron chi connectivity index (χ3n) is 2.65. The second kappa shape index (κ2) is 4.57. The maximum Gasteiger partial charge on any atom is 0.273 e. The highest BCUT2D eigenvalue weighted by Crippen LogP contribution is 2.32. The predicted molar refractivity (Wildman–Crippen MR) is 61.7 cm³/mol. The van der Waals surface area contributed by atoms with Crippen LogP contribution in [0.4, 0.5) is 8.78 Å². The first-order chi connectivity index (χ1) is 8.13. The van der Waals surface area contributed by atoms with Crippen molar-refractivity contribution in [3.8, 4) is 11.1 Å². The first kappa shape index (κ1) is 11.6. The van der Waals surface area contributed by atoms with Gasteiger partial charge in [-0.15, -0.1) is 0 Å². The van der Waals surface area contributed by atoms with Crippen molar-refractivity contribution in [2.75, 3.05) is 0 Å². The van der Waals surface area contributed by atoms with Crippen LogP contribution < -0.4 is 0 Å². The first-order valence-electron chi connectivity index (χ1n) is 5.37. The van der Waals surface area contributed by atoms with Crippen molar-refractivity contribution in [1.82, 2.24) is 9.97 Å². The summed E-state index contributed by atoms with van der Waals surface area (Å²) in [7, 11) is 0. The van der Waals surface area contributed by atoms with E-state index in [1.165, 1.54) is 25.4 Å². The third-order valence-corrected chi connectivity index (χ3v) is 2.65. The van der Waals surface area contributed by atoms with Crippen LogP contribution in [0.25, 0.3) is 11.1 Å². The van der Waals surface area contributed by atoms with Gasteiger partial charge in [-0.1, -0.05) is 31.2 Å². The molecule has 0 fully saturated rings. The summed E-state index contributed by atoms with van der Waals surface area (Å²) in [5.74, 6) is -2.76. The largest absolute Gasteiger partial charge is 0.273 e. The normalized spacial score (nSPS) is 11.5. The zero-order valence-electron chi connectivity index (χ0n) is 9.40. The molecular weight excluding hydrogens is 222 g/mol. The molecule has 0 unspecified atom stereocenters. The van der Waals surface area contributed by atoms with Gasteiger partial charge in [0.25, 0.3) is 5.92 Å². The van der Waals surface area contributed by atoms with Crippen LogP contribution >= 0.6 is 0 Å². The Morgan fingerprint density at radius 2 is 1.59 bits per heavy atom. The van der Waals surface area contributed by atoms with Crippen molar-refractivity contribution in [2.24, 2.45) is 0 Å². The van der Waals surface area contributed by atoms with Gasteiger partial charge in [-0.2, -0.15) is 0 Å². The van der Waals surface area contributed by atoms with Gasteiger partial charge in [-0.3, -0.25) is 0 Å². The van der Waals surface area contributed by atoms with Crippen molar-refractivity contribution in [1.29, 1.82) is 0 Å². The van der Waals surface area contributed by atoms with E-state index < -0.39 is 5.92 Å². The van der Waals surface area contributed by atoms with E-state index in [1.54, 1.807) is 24.5 Å². The van der Waals surface area contributed by atoms with Crippen LogP contribution in [0, 0.1) is 0 Å². The van der Waals surface area contributed by atoms with E-state index in [9.17, 15) is 8.78 Å². The van der Waals surface area contributed by atoms with Crippen molar-refractivity contribution < 1.29 is 8.78 Å². The van der Waals surface area contributed by atoms with Gasteiger partial charge < -0.3 is 0 Å². The summed E-state index contributed by atoms with van der Waals surface area (Å²) < 4.78 is 26.8. The Balaban J connectivity index is 2.31. The summed E-state index contributed by atoms with van der Waals surface area (Å²) in [6.07, 6.45) is 4.55. The Morgan fingerprint density at radius 3 is 2.12 bits per heavy atom. The number of hydrogen-bond donors (Lipinski definition) is 0. The van der Waals surface area contributed by atoms with Gasteiger partial charge >= 0.3 is 0 Å². The van der Waals surface area contributed by atoms with Gasteiger partial charge in [0.15, 0.2) is 0 Å². The van der Waals surface area contributed by atoms with Crippen LogP contribution in [0.3, 0.4) is 0 Å². The van der Waals surface area contributed by atoms with E-state index in [0.29, 0.717) is 0 Å². The van der Waals surface area contributed by atoms with Gasteiger partial charge in [-0.05, 0) is 5.56 Å². The smallest absolute Gasteiger partial charge is 0.244 e. The molecule has 1 heterocycles. The number of rotatable bonds is 3. The van der Waals surface area contributed by atoms with E-state index >= 15 is 0 Å². The number of hydrogen-bond acceptors (Lipinski definition) is 2. The lowest BCUT2D eigenvalue weighted by Gasteiger charge is -2.14. The molecule has 0 bridgehead atoms. The molecule has 1 aromatic carbocycles. The standard InChI is InChI=1S/C13H12F2N2/c1-2-13(14,15)12-5-3-10(4-6-12)11-7-16-9-17-8-11/h3-9H,2H2,1H3. The first-order valence-corrected chi connectivity index (χ1v) is 5.37. The fourth-order valence-corrected chi connectivity index (χ4v) is 1.56. The molecule has 0 N–H and O–H groups in total. The molecule has 0 saturated carbocycles. The van der Waals surface area contributed by atoms with Crippen LogP contribution in [0.1, 0.15) is 18.9 Å². The third kappa shape index (κ3) is 2.46. The average molecular weight is 234 g/mol. The van der Waals surface area contributed by atoms with Gasteiger partial charge in [0.1, 0.15) is 6.33 Å². The highest BCUT2D eigenvalue weighted by Gasteiger charge is 2.28. The van der Waals surface area contributed by atoms with Crippen molar-refractivity contribution in [3.63, 3.8) is 0 Å². The SMILES string of the molecule is CCC(F)(F)c1ccc(-c2cncnc2)cc1. The Bertz CT molecular complexity index is 481. The quantitative estimate of drug-likeness (QED) is 0.810. The summed E-state index contributed by atoms with van der Waals surface area (Å²) in [6.45, 7) is 1.47. The molecule has 0 amide bonds. The van der Waals surface area contributed by atoms with Gasteiger partial charge in [0.2, 0.25) is 0 Å². The van der Waals surface area contributed by atoms with Crippen molar-refractivity contribution in [3.05, 3.63) is 48.5 Å². The Kier molecular flexibility index (Phi) is 3.13. The van der Waals surface area contributed by atoms with Gasteiger partial charge in [0, 0.05) is 29.9 Å². The summed E-state index contributed by atoms with van der Waals surface area (Å²) >= 11 is 0. The number of benzene rings is 1. The number of halogens is 2. The maximum absolute atomic E-state index is 13.4. The van der Waals surface area contributed by atoms with Crippen molar-refractivity contribution in [2.45, 2.75) is 19.3 Å². The number of nitrogens with zero attached hydrogens (tertiary/aromatic N) is 2. The molecule has 0 aliphatic rings. The highest BCUT2D eigenvalue weighted by atomic mass is 19.3. The van der Waals surface area contributed by atoms with Crippen LogP contribution in [0.15, 0.2) is 43.0 Å². The minimum atomic E-state index is -2.76.